The van der Waals surface area contributed by atoms with Crippen molar-refractivity contribution in [2.75, 3.05) is 19.6 Å². The predicted octanol–water partition coefficient (Wildman–Crippen LogP) is 3.14. The Balaban J connectivity index is 1.43. The van der Waals surface area contributed by atoms with Crippen LogP contribution >= 0.6 is 23.2 Å². The normalized spacial score (nSPS) is 14.3. The summed E-state index contributed by atoms with van der Waals surface area (Å²) in [4.78, 5) is 38.5. The molecule has 8 heteroatoms. The first kappa shape index (κ1) is 21.1. The molecule has 1 heterocycles. The van der Waals surface area contributed by atoms with Gasteiger partial charge in [0.05, 0.1) is 16.6 Å². The minimum atomic E-state index is -0.275. The van der Waals surface area contributed by atoms with E-state index in [1.54, 1.807) is 41.3 Å². The Morgan fingerprint density at radius 2 is 1.59 bits per heavy atom. The lowest BCUT2D eigenvalue weighted by Gasteiger charge is -2.32. The van der Waals surface area contributed by atoms with E-state index in [2.05, 4.69) is 10.6 Å². The summed E-state index contributed by atoms with van der Waals surface area (Å²) >= 11 is 11.8. The van der Waals surface area contributed by atoms with E-state index in [9.17, 15) is 14.4 Å². The number of nitrogens with one attached hydrogen (secondary N) is 2. The Kier molecular flexibility index (Phi) is 7.12. The minimum absolute atomic E-state index is 0.0279. The van der Waals surface area contributed by atoms with E-state index in [0.717, 1.165) is 0 Å². The lowest BCUT2D eigenvalue weighted by Crippen LogP contribution is -2.49. The van der Waals surface area contributed by atoms with Crippen molar-refractivity contribution in [2.24, 2.45) is 0 Å². The molecule has 6 nitrogen and oxygen atoms in total. The molecule has 1 saturated heterocycles. The number of rotatable bonds is 5. The molecule has 0 unspecified atom stereocenters. The van der Waals surface area contributed by atoms with Gasteiger partial charge in [-0.2, -0.15) is 0 Å². The van der Waals surface area contributed by atoms with Crippen LogP contribution in [0.3, 0.4) is 0 Å². The van der Waals surface area contributed by atoms with E-state index < -0.39 is 0 Å². The van der Waals surface area contributed by atoms with Crippen LogP contribution in [-0.2, 0) is 4.79 Å². The second-order valence-electron chi connectivity index (χ2n) is 6.81. The maximum absolute atomic E-state index is 12.4. The molecule has 0 aliphatic carbocycles. The number of carbonyl (C=O) groups excluding carboxylic acids is 3. The zero-order valence-corrected chi connectivity index (χ0v) is 17.2. The molecule has 0 aromatic heterocycles. The van der Waals surface area contributed by atoms with Crippen LogP contribution < -0.4 is 10.6 Å². The number of hydrogen-bond acceptors (Lipinski definition) is 3. The molecule has 1 aliphatic rings. The molecule has 0 radical (unpaired) electrons. The SMILES string of the molecule is O=C(NCC(=O)N1CCC(NC(=O)c2ccc(Cl)c(Cl)c2)CC1)c1ccccc1. The van der Waals surface area contributed by atoms with Crippen molar-refractivity contribution in [3.8, 4) is 0 Å². The summed E-state index contributed by atoms with van der Waals surface area (Å²) < 4.78 is 0. The van der Waals surface area contributed by atoms with Crippen LogP contribution in [0.2, 0.25) is 10.0 Å². The fraction of sp³-hybridized carbons (Fsp3) is 0.286. The monoisotopic (exact) mass is 433 g/mol. The van der Waals surface area contributed by atoms with Crippen LogP contribution in [0.5, 0.6) is 0 Å². The zero-order valence-electron chi connectivity index (χ0n) is 15.7. The first-order valence-electron chi connectivity index (χ1n) is 9.31. The van der Waals surface area contributed by atoms with Crippen LogP contribution in [0.1, 0.15) is 33.6 Å². The molecular formula is C21H21Cl2N3O3. The first-order chi connectivity index (χ1) is 13.9. The molecule has 0 saturated carbocycles. The van der Waals surface area contributed by atoms with Gasteiger partial charge >= 0.3 is 0 Å². The zero-order chi connectivity index (χ0) is 20.8. The van der Waals surface area contributed by atoms with Crippen molar-refractivity contribution >= 4 is 40.9 Å². The Morgan fingerprint density at radius 3 is 2.24 bits per heavy atom. The van der Waals surface area contributed by atoms with Gasteiger partial charge in [-0.1, -0.05) is 41.4 Å². The molecule has 3 rings (SSSR count). The predicted molar refractivity (Wildman–Crippen MR) is 112 cm³/mol. The van der Waals surface area contributed by atoms with E-state index in [1.807, 2.05) is 6.07 Å². The molecule has 2 aromatic carbocycles. The highest BCUT2D eigenvalue weighted by molar-refractivity contribution is 6.42. The van der Waals surface area contributed by atoms with Crippen molar-refractivity contribution in [3.05, 3.63) is 69.7 Å². The molecule has 1 fully saturated rings. The quantitative estimate of drug-likeness (QED) is 0.759. The first-order valence-corrected chi connectivity index (χ1v) is 10.1. The Labute approximate surface area is 179 Å². The Morgan fingerprint density at radius 1 is 0.897 bits per heavy atom. The number of piperidine rings is 1. The van der Waals surface area contributed by atoms with E-state index in [-0.39, 0.29) is 30.3 Å². The Hall–Kier alpha value is -2.57. The summed E-state index contributed by atoms with van der Waals surface area (Å²) in [5, 5.41) is 6.34. The smallest absolute Gasteiger partial charge is 0.251 e. The van der Waals surface area contributed by atoms with Crippen molar-refractivity contribution < 1.29 is 14.4 Å². The van der Waals surface area contributed by atoms with Crippen LogP contribution in [0.15, 0.2) is 48.5 Å². The number of benzene rings is 2. The molecule has 0 bridgehead atoms. The van der Waals surface area contributed by atoms with Crippen molar-refractivity contribution in [3.63, 3.8) is 0 Å². The van der Waals surface area contributed by atoms with Gasteiger partial charge in [0.15, 0.2) is 0 Å². The summed E-state index contributed by atoms with van der Waals surface area (Å²) in [7, 11) is 0. The van der Waals surface area contributed by atoms with Crippen molar-refractivity contribution in [1.29, 1.82) is 0 Å². The molecule has 1 aliphatic heterocycles. The highest BCUT2D eigenvalue weighted by Gasteiger charge is 2.24. The van der Waals surface area contributed by atoms with E-state index in [1.165, 1.54) is 6.07 Å². The number of halogens is 2. The highest BCUT2D eigenvalue weighted by atomic mass is 35.5. The molecule has 3 amide bonds. The third-order valence-corrected chi connectivity index (χ3v) is 5.54. The third kappa shape index (κ3) is 5.71. The lowest BCUT2D eigenvalue weighted by molar-refractivity contribution is -0.131. The fourth-order valence-corrected chi connectivity index (χ4v) is 3.44. The standard InChI is InChI=1S/C21H21Cl2N3O3/c22-17-7-6-15(12-18(17)23)21(29)25-16-8-10-26(11-9-16)19(27)13-24-20(28)14-4-2-1-3-5-14/h1-7,12,16H,8-11,13H2,(H,24,28)(H,25,29). The highest BCUT2D eigenvalue weighted by Crippen LogP contribution is 2.22. The van der Waals surface area contributed by atoms with E-state index >= 15 is 0 Å². The average molecular weight is 434 g/mol. The fourth-order valence-electron chi connectivity index (χ4n) is 3.14. The van der Waals surface area contributed by atoms with Crippen molar-refractivity contribution in [1.82, 2.24) is 15.5 Å². The Bertz CT molecular complexity index is 897. The minimum Gasteiger partial charge on any atom is -0.349 e. The molecule has 0 spiro atoms. The second kappa shape index (κ2) is 9.76. The molecule has 2 aromatic rings. The van der Waals surface area contributed by atoms with E-state index in [4.69, 9.17) is 23.2 Å². The van der Waals surface area contributed by atoms with Crippen LogP contribution in [0, 0.1) is 0 Å². The van der Waals surface area contributed by atoms with Gasteiger partial charge in [-0.15, -0.1) is 0 Å². The summed E-state index contributed by atoms with van der Waals surface area (Å²) in [5.41, 5.74) is 0.963. The number of nitrogens with zero attached hydrogens (tertiary/aromatic N) is 1. The molecule has 152 valence electrons. The maximum atomic E-state index is 12.4. The summed E-state index contributed by atoms with van der Waals surface area (Å²) in [6.45, 7) is 0.993. The lowest BCUT2D eigenvalue weighted by atomic mass is 10.0. The molecule has 29 heavy (non-hydrogen) atoms. The van der Waals surface area contributed by atoms with Crippen LogP contribution in [-0.4, -0.2) is 48.3 Å². The average Bonchev–Trinajstić information content (AvgIpc) is 2.74. The van der Waals surface area contributed by atoms with Gasteiger partial charge < -0.3 is 15.5 Å². The van der Waals surface area contributed by atoms with Crippen LogP contribution in [0.4, 0.5) is 0 Å². The van der Waals surface area contributed by atoms with Gasteiger partial charge in [-0.3, -0.25) is 14.4 Å². The largest absolute Gasteiger partial charge is 0.349 e. The molecule has 0 atom stereocenters. The third-order valence-electron chi connectivity index (χ3n) is 4.80. The number of likely N-dealkylation sites (tertiary alicyclic amines) is 1. The summed E-state index contributed by atoms with van der Waals surface area (Å²) in [6, 6.07) is 13.5. The van der Waals surface area contributed by atoms with Crippen molar-refractivity contribution in [2.45, 2.75) is 18.9 Å². The second-order valence-corrected chi connectivity index (χ2v) is 7.62. The van der Waals surface area contributed by atoms with Gasteiger partial charge in [0.2, 0.25) is 5.91 Å². The molecular weight excluding hydrogens is 413 g/mol. The topological polar surface area (TPSA) is 78.5 Å². The molecule has 2 N–H and O–H groups in total. The van der Waals surface area contributed by atoms with E-state index in [0.29, 0.717) is 47.1 Å². The summed E-state index contributed by atoms with van der Waals surface area (Å²) in [6.07, 6.45) is 1.29. The van der Waals surface area contributed by atoms with Gasteiger partial charge in [0, 0.05) is 30.3 Å². The van der Waals surface area contributed by atoms with Gasteiger partial charge in [0.25, 0.3) is 11.8 Å². The number of hydrogen-bond donors (Lipinski definition) is 2. The number of carbonyl (C=O) groups is 3. The van der Waals surface area contributed by atoms with Gasteiger partial charge in [-0.25, -0.2) is 0 Å². The van der Waals surface area contributed by atoms with Crippen LogP contribution in [0.25, 0.3) is 0 Å². The number of amides is 3. The maximum Gasteiger partial charge on any atom is 0.251 e. The van der Waals surface area contributed by atoms with Gasteiger partial charge in [0.1, 0.15) is 0 Å². The van der Waals surface area contributed by atoms with Gasteiger partial charge in [-0.05, 0) is 43.2 Å². The summed E-state index contributed by atoms with van der Waals surface area (Å²) in [5.74, 6) is -0.630.